The third-order valence-corrected chi connectivity index (χ3v) is 6.06. The molecule has 2 aromatic carbocycles. The molecule has 2 aromatic rings. The largest absolute Gasteiger partial charge is 0.377 e. The molecule has 0 saturated heterocycles. The highest BCUT2D eigenvalue weighted by Crippen LogP contribution is 2.30. The zero-order valence-electron chi connectivity index (χ0n) is 20.7. The van der Waals surface area contributed by atoms with Gasteiger partial charge in [-0.05, 0) is 49.1 Å². The van der Waals surface area contributed by atoms with Gasteiger partial charge >= 0.3 is 0 Å². The number of benzene rings is 2. The van der Waals surface area contributed by atoms with Crippen LogP contribution in [0.3, 0.4) is 0 Å². The third kappa shape index (κ3) is 6.35. The fraction of sp³-hybridized carbons (Fsp3) is 0.481. The highest BCUT2D eigenvalue weighted by atomic mass is 16.2. The zero-order chi connectivity index (χ0) is 23.8. The molecule has 0 bridgehead atoms. The number of hydrogen-bond donors (Lipinski definition) is 1. The van der Waals surface area contributed by atoms with Gasteiger partial charge < -0.3 is 15.1 Å². The second kappa shape index (κ2) is 11.7. The molecule has 0 radical (unpaired) electrons. The summed E-state index contributed by atoms with van der Waals surface area (Å²) in [5.74, 6) is 0.0506. The second-order valence-corrected chi connectivity index (χ2v) is 8.95. The molecular formula is C27H39N3O2. The van der Waals surface area contributed by atoms with Gasteiger partial charge in [0.2, 0.25) is 11.8 Å². The Morgan fingerprint density at radius 2 is 1.56 bits per heavy atom. The van der Waals surface area contributed by atoms with Crippen LogP contribution in [0.15, 0.2) is 48.5 Å². The minimum atomic E-state index is -0.0991. The topological polar surface area (TPSA) is 52.7 Å². The summed E-state index contributed by atoms with van der Waals surface area (Å²) < 4.78 is 0. The fourth-order valence-electron chi connectivity index (χ4n) is 3.89. The van der Waals surface area contributed by atoms with E-state index >= 15 is 0 Å². The van der Waals surface area contributed by atoms with Crippen LogP contribution in [0.5, 0.6) is 0 Å². The standard InChI is InChI=1S/C27H39N3O2/c1-8-21(9-2)27(32)30(20(5)22-13-11-10-12-14-22)18-23-17-24(28-26(31)19(3)4)15-16-25(23)29(6)7/h10-17,19-21H,8-9,18H2,1-7H3,(H,28,31)/t20-/m0/s1. The number of anilines is 2. The third-order valence-electron chi connectivity index (χ3n) is 6.06. The minimum absolute atomic E-state index is 0.00667. The summed E-state index contributed by atoms with van der Waals surface area (Å²) in [6.45, 7) is 10.5. The lowest BCUT2D eigenvalue weighted by Gasteiger charge is -2.34. The number of hydrogen-bond acceptors (Lipinski definition) is 3. The predicted octanol–water partition coefficient (Wildman–Crippen LogP) is 5.87. The van der Waals surface area contributed by atoms with E-state index in [1.807, 2.05) is 69.2 Å². The molecule has 0 saturated carbocycles. The van der Waals surface area contributed by atoms with E-state index in [4.69, 9.17) is 0 Å². The van der Waals surface area contributed by atoms with E-state index in [1.54, 1.807) is 0 Å². The molecule has 5 heteroatoms. The summed E-state index contributed by atoms with van der Waals surface area (Å²) in [5, 5.41) is 3.00. The predicted molar refractivity (Wildman–Crippen MR) is 134 cm³/mol. The summed E-state index contributed by atoms with van der Waals surface area (Å²) >= 11 is 0. The van der Waals surface area contributed by atoms with Gasteiger partial charge in [-0.3, -0.25) is 9.59 Å². The monoisotopic (exact) mass is 437 g/mol. The quantitative estimate of drug-likeness (QED) is 0.505. The summed E-state index contributed by atoms with van der Waals surface area (Å²) in [5.41, 5.74) is 3.92. The normalized spacial score (nSPS) is 12.0. The van der Waals surface area contributed by atoms with Crippen LogP contribution in [0.1, 0.15) is 64.6 Å². The maximum Gasteiger partial charge on any atom is 0.226 e. The summed E-state index contributed by atoms with van der Waals surface area (Å²) in [4.78, 5) is 29.9. The van der Waals surface area contributed by atoms with Crippen molar-refractivity contribution in [1.82, 2.24) is 4.90 Å². The Bertz CT molecular complexity index is 889. The molecule has 174 valence electrons. The minimum Gasteiger partial charge on any atom is -0.377 e. The first kappa shape index (κ1) is 25.4. The van der Waals surface area contributed by atoms with Gasteiger partial charge in [0.25, 0.3) is 0 Å². The van der Waals surface area contributed by atoms with Crippen molar-refractivity contribution >= 4 is 23.2 Å². The van der Waals surface area contributed by atoms with E-state index in [1.165, 1.54) is 0 Å². The Kier molecular flexibility index (Phi) is 9.30. The van der Waals surface area contributed by atoms with E-state index in [-0.39, 0.29) is 29.7 Å². The smallest absolute Gasteiger partial charge is 0.226 e. The SMILES string of the molecule is CCC(CC)C(=O)N(Cc1cc(NC(=O)C(C)C)ccc1N(C)C)[C@@H](C)c1ccccc1. The van der Waals surface area contributed by atoms with Gasteiger partial charge in [0.15, 0.2) is 0 Å². The molecule has 0 fully saturated rings. The van der Waals surface area contributed by atoms with Gasteiger partial charge in [0.05, 0.1) is 6.04 Å². The maximum absolute atomic E-state index is 13.6. The molecule has 2 amide bonds. The molecule has 2 rings (SSSR count). The molecule has 0 spiro atoms. The highest BCUT2D eigenvalue weighted by Gasteiger charge is 2.27. The number of amides is 2. The van der Waals surface area contributed by atoms with E-state index in [9.17, 15) is 9.59 Å². The Morgan fingerprint density at radius 1 is 0.938 bits per heavy atom. The van der Waals surface area contributed by atoms with Crippen molar-refractivity contribution in [1.29, 1.82) is 0 Å². The second-order valence-electron chi connectivity index (χ2n) is 8.95. The first-order valence-electron chi connectivity index (χ1n) is 11.7. The van der Waals surface area contributed by atoms with Crippen molar-refractivity contribution in [2.75, 3.05) is 24.3 Å². The van der Waals surface area contributed by atoms with Crippen molar-refractivity contribution in [2.45, 2.75) is 60.0 Å². The zero-order valence-corrected chi connectivity index (χ0v) is 20.7. The molecule has 1 atom stereocenters. The molecule has 0 heterocycles. The van der Waals surface area contributed by atoms with Crippen LogP contribution in [0.2, 0.25) is 0 Å². The fourth-order valence-corrected chi connectivity index (χ4v) is 3.89. The Balaban J connectivity index is 2.48. The summed E-state index contributed by atoms with van der Waals surface area (Å²) in [6.07, 6.45) is 1.64. The van der Waals surface area contributed by atoms with E-state index in [2.05, 4.69) is 43.1 Å². The highest BCUT2D eigenvalue weighted by molar-refractivity contribution is 5.92. The number of rotatable bonds is 10. The van der Waals surface area contributed by atoms with Crippen molar-refractivity contribution in [3.05, 3.63) is 59.7 Å². The lowest BCUT2D eigenvalue weighted by Crippen LogP contribution is -2.37. The number of nitrogens with one attached hydrogen (secondary N) is 1. The van der Waals surface area contributed by atoms with Crippen LogP contribution < -0.4 is 10.2 Å². The number of carbonyl (C=O) groups is 2. The van der Waals surface area contributed by atoms with Gasteiger partial charge in [-0.15, -0.1) is 0 Å². The molecular weight excluding hydrogens is 398 g/mol. The molecule has 0 unspecified atom stereocenters. The maximum atomic E-state index is 13.6. The summed E-state index contributed by atoms with van der Waals surface area (Å²) in [6, 6.07) is 16.0. The van der Waals surface area contributed by atoms with E-state index < -0.39 is 0 Å². The van der Waals surface area contributed by atoms with Gasteiger partial charge in [-0.1, -0.05) is 58.0 Å². The van der Waals surface area contributed by atoms with E-state index in [0.29, 0.717) is 6.54 Å². The van der Waals surface area contributed by atoms with Crippen molar-refractivity contribution < 1.29 is 9.59 Å². The van der Waals surface area contributed by atoms with Crippen LogP contribution in [-0.4, -0.2) is 30.8 Å². The van der Waals surface area contributed by atoms with Gasteiger partial charge in [-0.2, -0.15) is 0 Å². The van der Waals surface area contributed by atoms with Crippen molar-refractivity contribution in [2.24, 2.45) is 11.8 Å². The van der Waals surface area contributed by atoms with Crippen LogP contribution >= 0.6 is 0 Å². The number of carbonyl (C=O) groups excluding carboxylic acids is 2. The first-order chi connectivity index (χ1) is 15.2. The van der Waals surface area contributed by atoms with Gasteiger partial charge in [0, 0.05) is 43.9 Å². The van der Waals surface area contributed by atoms with Crippen LogP contribution in [0.25, 0.3) is 0 Å². The van der Waals surface area contributed by atoms with Crippen molar-refractivity contribution in [3.8, 4) is 0 Å². The lowest BCUT2D eigenvalue weighted by atomic mass is 9.98. The first-order valence-corrected chi connectivity index (χ1v) is 11.7. The number of nitrogens with zero attached hydrogens (tertiary/aromatic N) is 2. The molecule has 0 aromatic heterocycles. The average molecular weight is 438 g/mol. The van der Waals surface area contributed by atoms with E-state index in [0.717, 1.165) is 35.3 Å². The van der Waals surface area contributed by atoms with Gasteiger partial charge in [0.1, 0.15) is 0 Å². The molecule has 0 aliphatic rings. The average Bonchev–Trinajstić information content (AvgIpc) is 2.78. The Morgan fingerprint density at radius 3 is 2.09 bits per heavy atom. The molecule has 0 aliphatic carbocycles. The summed E-state index contributed by atoms with van der Waals surface area (Å²) in [7, 11) is 4.00. The van der Waals surface area contributed by atoms with Crippen LogP contribution in [0, 0.1) is 11.8 Å². The molecule has 1 N–H and O–H groups in total. The molecule has 5 nitrogen and oxygen atoms in total. The lowest BCUT2D eigenvalue weighted by molar-refractivity contribution is -0.138. The van der Waals surface area contributed by atoms with Crippen molar-refractivity contribution in [3.63, 3.8) is 0 Å². The molecule has 0 aliphatic heterocycles. The molecule has 32 heavy (non-hydrogen) atoms. The Hall–Kier alpha value is -2.82. The van der Waals surface area contributed by atoms with Crippen LogP contribution in [-0.2, 0) is 16.1 Å². The Labute approximate surface area is 193 Å². The van der Waals surface area contributed by atoms with Crippen LogP contribution in [0.4, 0.5) is 11.4 Å². The van der Waals surface area contributed by atoms with Gasteiger partial charge in [-0.25, -0.2) is 0 Å².